The van der Waals surface area contributed by atoms with Crippen molar-refractivity contribution in [1.82, 2.24) is 4.98 Å². The number of nitrogens with zero attached hydrogens (tertiary/aromatic N) is 1. The number of carboxylic acid groups (broad SMARTS) is 1. The highest BCUT2D eigenvalue weighted by Gasteiger charge is 2.15. The minimum atomic E-state index is -0.662. The van der Waals surface area contributed by atoms with Gasteiger partial charge in [0.05, 0.1) is 0 Å². The van der Waals surface area contributed by atoms with Crippen molar-refractivity contribution in [2.75, 3.05) is 0 Å². The number of carbonyl (C=O) groups is 1. The van der Waals surface area contributed by atoms with Crippen molar-refractivity contribution in [2.24, 2.45) is 0 Å². The summed E-state index contributed by atoms with van der Waals surface area (Å²) in [6.07, 6.45) is 20.0. The molecule has 1 heterocycles. The molecule has 0 fully saturated rings. The number of aryl methyl sites for hydroxylation is 2. The van der Waals surface area contributed by atoms with E-state index in [1.807, 2.05) is 0 Å². The van der Waals surface area contributed by atoms with Crippen molar-refractivity contribution in [3.63, 3.8) is 0 Å². The molecule has 0 aliphatic rings. The number of hydrogen-bond donors (Lipinski definition) is 2. The van der Waals surface area contributed by atoms with Gasteiger partial charge in [-0.1, -0.05) is 88.8 Å². The fraction of sp³-hybridized carbons (Fsp3) is 0.615. The molecule has 0 bridgehead atoms. The molecule has 2 rings (SSSR count). The van der Waals surface area contributed by atoms with Crippen LogP contribution in [0.15, 0.2) is 36.5 Å². The van der Waals surface area contributed by atoms with Gasteiger partial charge in [0, 0.05) is 19.8 Å². The first-order chi connectivity index (χ1) is 14.7. The number of aliphatic carboxylic acids is 1. The Morgan fingerprint density at radius 3 is 1.83 bits per heavy atom. The molecule has 2 N–H and O–H groups in total. The number of nitrogens with one attached hydrogen (secondary N) is 1. The zero-order chi connectivity index (χ0) is 21.4. The van der Waals surface area contributed by atoms with Gasteiger partial charge >= 0.3 is 5.97 Å². The average Bonchev–Trinajstić information content (AvgIpc) is 3.11. The Morgan fingerprint density at radius 2 is 1.30 bits per heavy atom. The largest absolute Gasteiger partial charge is 0.481 e. The molecular weight excluding hydrogens is 372 g/mol. The van der Waals surface area contributed by atoms with E-state index in [4.69, 9.17) is 5.11 Å². The minimum absolute atomic E-state index is 0.331. The predicted molar refractivity (Wildman–Crippen MR) is 123 cm³/mol. The van der Waals surface area contributed by atoms with Gasteiger partial charge in [-0.2, -0.15) is 4.57 Å². The number of benzene rings is 1. The third-order valence-corrected chi connectivity index (χ3v) is 5.91. The number of aromatic nitrogens is 2. The summed E-state index contributed by atoms with van der Waals surface area (Å²) in [6.45, 7) is 2.13. The van der Waals surface area contributed by atoms with E-state index in [-0.39, 0.29) is 0 Å². The molecule has 2 aromatic rings. The Balaban J connectivity index is 1.44. The van der Waals surface area contributed by atoms with Crippen molar-refractivity contribution in [3.8, 4) is 5.69 Å². The number of imidazole rings is 1. The number of hydrogen-bond acceptors (Lipinski definition) is 1. The summed E-state index contributed by atoms with van der Waals surface area (Å²) in [5.74, 6) is 0.529. The first-order valence-electron chi connectivity index (χ1n) is 12.0. The molecule has 0 aliphatic heterocycles. The molecule has 30 heavy (non-hydrogen) atoms. The van der Waals surface area contributed by atoms with E-state index in [1.165, 1.54) is 87.8 Å². The maximum Gasteiger partial charge on any atom is 0.303 e. The number of para-hydroxylation sites is 1. The van der Waals surface area contributed by atoms with Crippen LogP contribution in [0, 0.1) is 6.92 Å². The van der Waals surface area contributed by atoms with Gasteiger partial charge in [-0.25, -0.2) is 4.98 Å². The van der Waals surface area contributed by atoms with Crippen LogP contribution in [0.5, 0.6) is 0 Å². The van der Waals surface area contributed by atoms with Crippen LogP contribution >= 0.6 is 0 Å². The molecule has 4 nitrogen and oxygen atoms in total. The monoisotopic (exact) mass is 413 g/mol. The van der Waals surface area contributed by atoms with E-state index in [1.54, 1.807) is 0 Å². The van der Waals surface area contributed by atoms with Crippen molar-refractivity contribution in [3.05, 3.63) is 48.0 Å². The predicted octanol–water partition coefficient (Wildman–Crippen LogP) is 6.69. The fourth-order valence-corrected chi connectivity index (χ4v) is 4.18. The third kappa shape index (κ3) is 9.60. The number of rotatable bonds is 17. The summed E-state index contributed by atoms with van der Waals surface area (Å²) in [4.78, 5) is 13.8. The topological polar surface area (TPSA) is 57.0 Å². The lowest BCUT2D eigenvalue weighted by molar-refractivity contribution is -0.609. The fourth-order valence-electron chi connectivity index (χ4n) is 4.18. The highest BCUT2D eigenvalue weighted by molar-refractivity contribution is 5.66. The highest BCUT2D eigenvalue weighted by atomic mass is 16.4. The zero-order valence-corrected chi connectivity index (χ0v) is 18.9. The number of unbranched alkanes of at least 4 members (excludes halogenated alkanes) is 12. The van der Waals surface area contributed by atoms with E-state index in [0.717, 1.165) is 19.3 Å². The standard InChI is InChI=1S/C26H40N2O2/c1-23-27-22-25(28(23)24-18-15-13-16-19-24)20-14-11-9-7-5-3-2-4-6-8-10-12-17-21-26(29)30/h13,15-16,18-19,22H,2-12,14,17,20-21H2,1H3,(H,29,30)/p+1. The molecule has 0 amide bonds. The van der Waals surface area contributed by atoms with Crippen molar-refractivity contribution in [2.45, 2.75) is 103 Å². The van der Waals surface area contributed by atoms with Crippen LogP contribution in [-0.2, 0) is 11.2 Å². The van der Waals surface area contributed by atoms with E-state index >= 15 is 0 Å². The Kier molecular flexibility index (Phi) is 11.9. The van der Waals surface area contributed by atoms with Gasteiger partial charge in [0.1, 0.15) is 17.6 Å². The molecule has 0 radical (unpaired) electrons. The van der Waals surface area contributed by atoms with E-state index in [9.17, 15) is 4.79 Å². The smallest absolute Gasteiger partial charge is 0.303 e. The number of carboxylic acids is 1. The summed E-state index contributed by atoms with van der Waals surface area (Å²) in [6, 6.07) is 10.6. The van der Waals surface area contributed by atoms with Gasteiger partial charge < -0.3 is 5.11 Å². The SMILES string of the molecule is Cc1[nH]cc(CCCCCCCCCCCCCCCC(=O)O)[n+]1-c1ccccc1. The Hall–Kier alpha value is -2.10. The van der Waals surface area contributed by atoms with Crippen molar-refractivity contribution < 1.29 is 14.5 Å². The van der Waals surface area contributed by atoms with Gasteiger partial charge in [-0.05, 0) is 25.0 Å². The van der Waals surface area contributed by atoms with Crippen LogP contribution in [0.4, 0.5) is 0 Å². The summed E-state index contributed by atoms with van der Waals surface area (Å²) in [7, 11) is 0. The lowest BCUT2D eigenvalue weighted by Crippen LogP contribution is -2.36. The zero-order valence-electron chi connectivity index (χ0n) is 18.9. The van der Waals surface area contributed by atoms with Crippen LogP contribution in [0.25, 0.3) is 5.69 Å². The second-order valence-corrected chi connectivity index (χ2v) is 8.53. The molecule has 0 aliphatic carbocycles. The van der Waals surface area contributed by atoms with Gasteiger partial charge in [-0.15, -0.1) is 0 Å². The molecule has 1 aromatic carbocycles. The van der Waals surface area contributed by atoms with Crippen LogP contribution in [0.2, 0.25) is 0 Å². The molecule has 0 saturated heterocycles. The molecule has 0 atom stereocenters. The third-order valence-electron chi connectivity index (χ3n) is 5.91. The van der Waals surface area contributed by atoms with Gasteiger partial charge in [-0.3, -0.25) is 4.79 Å². The maximum atomic E-state index is 10.4. The first kappa shape index (κ1) is 24.2. The van der Waals surface area contributed by atoms with E-state index in [0.29, 0.717) is 6.42 Å². The van der Waals surface area contributed by atoms with Crippen LogP contribution in [0.3, 0.4) is 0 Å². The first-order valence-corrected chi connectivity index (χ1v) is 12.0. The Bertz CT molecular complexity index is 709. The van der Waals surface area contributed by atoms with Gasteiger partial charge in [0.15, 0.2) is 0 Å². The molecular formula is C26H41N2O2+. The molecule has 0 saturated carbocycles. The summed E-state index contributed by atoms with van der Waals surface area (Å²) in [5, 5.41) is 8.61. The number of aromatic amines is 1. The van der Waals surface area contributed by atoms with Crippen molar-refractivity contribution >= 4 is 5.97 Å². The molecule has 0 spiro atoms. The van der Waals surface area contributed by atoms with Crippen LogP contribution < -0.4 is 4.57 Å². The normalized spacial score (nSPS) is 11.1. The Labute approximate surface area is 182 Å². The molecule has 0 unspecified atom stereocenters. The van der Waals surface area contributed by atoms with Crippen LogP contribution in [0.1, 0.15) is 101 Å². The molecule has 1 aromatic heterocycles. The highest BCUT2D eigenvalue weighted by Crippen LogP contribution is 2.14. The summed E-state index contributed by atoms with van der Waals surface area (Å²) in [5.41, 5.74) is 2.62. The Morgan fingerprint density at radius 1 is 0.800 bits per heavy atom. The number of H-pyrrole nitrogens is 1. The van der Waals surface area contributed by atoms with Crippen LogP contribution in [-0.4, -0.2) is 16.1 Å². The lowest BCUT2D eigenvalue weighted by Gasteiger charge is -2.04. The van der Waals surface area contributed by atoms with E-state index < -0.39 is 5.97 Å². The average molecular weight is 414 g/mol. The second kappa shape index (κ2) is 14.8. The van der Waals surface area contributed by atoms with E-state index in [2.05, 4.69) is 53.0 Å². The quantitative estimate of drug-likeness (QED) is 0.224. The second-order valence-electron chi connectivity index (χ2n) is 8.53. The summed E-state index contributed by atoms with van der Waals surface area (Å²) >= 11 is 0. The molecule has 4 heteroatoms. The van der Waals surface area contributed by atoms with Gasteiger partial charge in [0.25, 0.3) is 5.82 Å². The molecule has 166 valence electrons. The minimum Gasteiger partial charge on any atom is -0.481 e. The van der Waals surface area contributed by atoms with Gasteiger partial charge in [0.2, 0.25) is 0 Å². The maximum absolute atomic E-state index is 10.4. The van der Waals surface area contributed by atoms with Crippen molar-refractivity contribution in [1.29, 1.82) is 0 Å². The lowest BCUT2D eigenvalue weighted by atomic mass is 10.0. The summed E-state index contributed by atoms with van der Waals surface area (Å²) < 4.78 is 2.34.